The SMILES string of the molecule is COc1cc2ncnc(N)c2cc1OC(C)C. The van der Waals surface area contributed by atoms with Crippen LogP contribution in [0.3, 0.4) is 0 Å². The molecule has 0 saturated heterocycles. The van der Waals surface area contributed by atoms with E-state index in [0.717, 1.165) is 10.9 Å². The number of benzene rings is 1. The van der Waals surface area contributed by atoms with Crippen molar-refractivity contribution < 1.29 is 9.47 Å². The normalized spacial score (nSPS) is 10.8. The topological polar surface area (TPSA) is 70.3 Å². The maximum atomic E-state index is 5.80. The first-order valence-electron chi connectivity index (χ1n) is 5.36. The van der Waals surface area contributed by atoms with Gasteiger partial charge in [0.2, 0.25) is 0 Å². The highest BCUT2D eigenvalue weighted by Gasteiger charge is 2.11. The monoisotopic (exact) mass is 233 g/mol. The number of nitrogens with zero attached hydrogens (tertiary/aromatic N) is 2. The fraction of sp³-hybridized carbons (Fsp3) is 0.333. The summed E-state index contributed by atoms with van der Waals surface area (Å²) in [6.07, 6.45) is 1.49. The molecule has 0 aliphatic heterocycles. The van der Waals surface area contributed by atoms with Crippen molar-refractivity contribution >= 4 is 16.7 Å². The summed E-state index contributed by atoms with van der Waals surface area (Å²) >= 11 is 0. The molecule has 17 heavy (non-hydrogen) atoms. The van der Waals surface area contributed by atoms with Crippen LogP contribution in [0.5, 0.6) is 11.5 Å². The van der Waals surface area contributed by atoms with Gasteiger partial charge in [-0.3, -0.25) is 0 Å². The summed E-state index contributed by atoms with van der Waals surface area (Å²) in [6.45, 7) is 3.91. The molecule has 2 aromatic rings. The van der Waals surface area contributed by atoms with Crippen molar-refractivity contribution in [2.75, 3.05) is 12.8 Å². The highest BCUT2D eigenvalue weighted by Crippen LogP contribution is 2.33. The lowest BCUT2D eigenvalue weighted by atomic mass is 10.2. The van der Waals surface area contributed by atoms with E-state index >= 15 is 0 Å². The van der Waals surface area contributed by atoms with Crippen LogP contribution in [0.15, 0.2) is 18.5 Å². The Hall–Kier alpha value is -2.04. The van der Waals surface area contributed by atoms with Gasteiger partial charge in [-0.05, 0) is 19.9 Å². The Morgan fingerprint density at radius 3 is 2.59 bits per heavy atom. The van der Waals surface area contributed by atoms with Crippen LogP contribution in [-0.2, 0) is 0 Å². The largest absolute Gasteiger partial charge is 0.493 e. The first-order chi connectivity index (χ1) is 8.11. The Balaban J connectivity index is 2.61. The van der Waals surface area contributed by atoms with Gasteiger partial charge in [0.15, 0.2) is 11.5 Å². The number of fused-ring (bicyclic) bond motifs is 1. The van der Waals surface area contributed by atoms with E-state index in [0.29, 0.717) is 17.3 Å². The lowest BCUT2D eigenvalue weighted by Gasteiger charge is -2.14. The van der Waals surface area contributed by atoms with Crippen LogP contribution in [0.25, 0.3) is 10.9 Å². The van der Waals surface area contributed by atoms with Gasteiger partial charge in [0.05, 0.1) is 18.7 Å². The Morgan fingerprint density at radius 2 is 1.94 bits per heavy atom. The molecule has 1 aromatic carbocycles. The summed E-state index contributed by atoms with van der Waals surface area (Å²) in [7, 11) is 1.60. The zero-order valence-corrected chi connectivity index (χ0v) is 10.1. The van der Waals surface area contributed by atoms with Crippen molar-refractivity contribution in [3.63, 3.8) is 0 Å². The van der Waals surface area contributed by atoms with E-state index in [9.17, 15) is 0 Å². The van der Waals surface area contributed by atoms with Gasteiger partial charge in [0.1, 0.15) is 12.1 Å². The number of rotatable bonds is 3. The number of nitrogens with two attached hydrogens (primary N) is 1. The van der Waals surface area contributed by atoms with Gasteiger partial charge in [0, 0.05) is 11.5 Å². The minimum absolute atomic E-state index is 0.0622. The molecule has 2 rings (SSSR count). The van der Waals surface area contributed by atoms with Gasteiger partial charge in [-0.1, -0.05) is 0 Å². The van der Waals surface area contributed by atoms with E-state index in [1.807, 2.05) is 19.9 Å². The quantitative estimate of drug-likeness (QED) is 0.878. The molecule has 0 amide bonds. The molecule has 1 heterocycles. The fourth-order valence-electron chi connectivity index (χ4n) is 1.59. The first kappa shape index (κ1) is 11.4. The third-order valence-corrected chi connectivity index (χ3v) is 2.31. The molecular formula is C12H15N3O2. The third kappa shape index (κ3) is 2.22. The first-order valence-corrected chi connectivity index (χ1v) is 5.36. The molecule has 90 valence electrons. The standard InChI is InChI=1S/C12H15N3O2/c1-7(2)17-11-4-8-9(5-10(11)16-3)14-6-15-12(8)13/h4-7H,1-3H3,(H2,13,14,15). The molecule has 0 saturated carbocycles. The van der Waals surface area contributed by atoms with Gasteiger partial charge >= 0.3 is 0 Å². The number of hydrogen-bond acceptors (Lipinski definition) is 5. The zero-order chi connectivity index (χ0) is 12.4. The summed E-state index contributed by atoms with van der Waals surface area (Å²) in [5, 5.41) is 0.768. The number of anilines is 1. The molecule has 2 N–H and O–H groups in total. The molecule has 0 aliphatic carbocycles. The summed E-state index contributed by atoms with van der Waals surface area (Å²) in [5.74, 6) is 1.73. The molecule has 0 unspecified atom stereocenters. The predicted octanol–water partition coefficient (Wildman–Crippen LogP) is 2.01. The van der Waals surface area contributed by atoms with Crippen LogP contribution >= 0.6 is 0 Å². The van der Waals surface area contributed by atoms with E-state index in [-0.39, 0.29) is 6.10 Å². The molecule has 0 radical (unpaired) electrons. The van der Waals surface area contributed by atoms with Gasteiger partial charge in [-0.25, -0.2) is 9.97 Å². The second kappa shape index (κ2) is 4.45. The number of ether oxygens (including phenoxy) is 2. The zero-order valence-electron chi connectivity index (χ0n) is 10.1. The molecule has 1 aromatic heterocycles. The number of hydrogen-bond donors (Lipinski definition) is 1. The Bertz CT molecular complexity index is 541. The van der Waals surface area contributed by atoms with Gasteiger partial charge < -0.3 is 15.2 Å². The van der Waals surface area contributed by atoms with Crippen LogP contribution in [0, 0.1) is 0 Å². The van der Waals surface area contributed by atoms with Crippen molar-refractivity contribution in [2.24, 2.45) is 0 Å². The van der Waals surface area contributed by atoms with Crippen LogP contribution < -0.4 is 15.2 Å². The highest BCUT2D eigenvalue weighted by atomic mass is 16.5. The Kier molecular flexibility index (Phi) is 2.99. The lowest BCUT2D eigenvalue weighted by Crippen LogP contribution is -2.07. The molecular weight excluding hydrogens is 218 g/mol. The third-order valence-electron chi connectivity index (χ3n) is 2.31. The van der Waals surface area contributed by atoms with Gasteiger partial charge in [0.25, 0.3) is 0 Å². The molecule has 5 nitrogen and oxygen atoms in total. The maximum absolute atomic E-state index is 5.80. The summed E-state index contributed by atoms with van der Waals surface area (Å²) < 4.78 is 10.9. The molecule has 0 aliphatic rings. The van der Waals surface area contributed by atoms with E-state index in [1.165, 1.54) is 6.33 Å². The van der Waals surface area contributed by atoms with Crippen LogP contribution in [0.4, 0.5) is 5.82 Å². The molecule has 0 atom stereocenters. The molecule has 5 heteroatoms. The lowest BCUT2D eigenvalue weighted by molar-refractivity contribution is 0.230. The smallest absolute Gasteiger partial charge is 0.162 e. The summed E-state index contributed by atoms with van der Waals surface area (Å²) in [4.78, 5) is 8.10. The van der Waals surface area contributed by atoms with Crippen molar-refractivity contribution in [1.82, 2.24) is 9.97 Å². The average Bonchev–Trinajstić information content (AvgIpc) is 2.29. The number of nitrogen functional groups attached to an aromatic ring is 1. The van der Waals surface area contributed by atoms with Crippen LogP contribution in [-0.4, -0.2) is 23.2 Å². The van der Waals surface area contributed by atoms with Crippen LogP contribution in [0.1, 0.15) is 13.8 Å². The minimum Gasteiger partial charge on any atom is -0.493 e. The van der Waals surface area contributed by atoms with E-state index in [2.05, 4.69) is 9.97 Å². The van der Waals surface area contributed by atoms with E-state index in [4.69, 9.17) is 15.2 Å². The number of methoxy groups -OCH3 is 1. The van der Waals surface area contributed by atoms with Crippen LogP contribution in [0.2, 0.25) is 0 Å². The van der Waals surface area contributed by atoms with Crippen molar-refractivity contribution in [2.45, 2.75) is 20.0 Å². The number of aromatic nitrogens is 2. The van der Waals surface area contributed by atoms with E-state index < -0.39 is 0 Å². The fourth-order valence-corrected chi connectivity index (χ4v) is 1.59. The Labute approximate surface area is 99.6 Å². The predicted molar refractivity (Wildman–Crippen MR) is 66.3 cm³/mol. The minimum atomic E-state index is 0.0622. The van der Waals surface area contributed by atoms with Gasteiger partial charge in [-0.2, -0.15) is 0 Å². The summed E-state index contributed by atoms with van der Waals surface area (Å²) in [6, 6.07) is 3.61. The summed E-state index contributed by atoms with van der Waals surface area (Å²) in [5.41, 5.74) is 6.54. The Morgan fingerprint density at radius 1 is 1.18 bits per heavy atom. The highest BCUT2D eigenvalue weighted by molar-refractivity contribution is 5.90. The molecule has 0 bridgehead atoms. The van der Waals surface area contributed by atoms with Crippen molar-refractivity contribution in [1.29, 1.82) is 0 Å². The van der Waals surface area contributed by atoms with Crippen molar-refractivity contribution in [3.05, 3.63) is 18.5 Å². The molecule has 0 spiro atoms. The second-order valence-electron chi connectivity index (χ2n) is 3.95. The average molecular weight is 233 g/mol. The molecule has 0 fully saturated rings. The van der Waals surface area contributed by atoms with E-state index in [1.54, 1.807) is 13.2 Å². The van der Waals surface area contributed by atoms with Gasteiger partial charge in [-0.15, -0.1) is 0 Å². The maximum Gasteiger partial charge on any atom is 0.162 e. The second-order valence-corrected chi connectivity index (χ2v) is 3.95. The van der Waals surface area contributed by atoms with Crippen molar-refractivity contribution in [3.8, 4) is 11.5 Å².